The molecule has 4 heteroatoms. The maximum Gasteiger partial charge on any atom is 0.302 e. The molecular weight excluding hydrogens is 222 g/mol. The third-order valence-electron chi connectivity index (χ3n) is 2.07. The topological polar surface area (TPSA) is 38.3 Å². The summed E-state index contributed by atoms with van der Waals surface area (Å²) in [5.41, 5.74) is 1.24. The fourth-order valence-corrected chi connectivity index (χ4v) is 1.65. The quantitative estimate of drug-likeness (QED) is 0.468. The van der Waals surface area contributed by atoms with E-state index in [2.05, 4.69) is 35.8 Å². The van der Waals surface area contributed by atoms with E-state index in [1.54, 1.807) is 11.8 Å². The summed E-state index contributed by atoms with van der Waals surface area (Å²) < 4.78 is 4.81. The Kier molecular flexibility index (Phi) is 5.96. The molecule has 3 nitrogen and oxygen atoms in total. The monoisotopic (exact) mass is 239 g/mol. The second-order valence-electron chi connectivity index (χ2n) is 3.36. The minimum Gasteiger partial charge on any atom is -0.465 e. The van der Waals surface area contributed by atoms with Crippen molar-refractivity contribution in [3.05, 3.63) is 29.8 Å². The molecule has 0 fully saturated rings. The Morgan fingerprint density at radius 3 is 2.62 bits per heavy atom. The van der Waals surface area contributed by atoms with Crippen LogP contribution < -0.4 is 5.32 Å². The van der Waals surface area contributed by atoms with Crippen LogP contribution in [-0.4, -0.2) is 25.4 Å². The van der Waals surface area contributed by atoms with Crippen LogP contribution in [0.25, 0.3) is 0 Å². The second kappa shape index (κ2) is 7.30. The third kappa shape index (κ3) is 5.19. The van der Waals surface area contributed by atoms with E-state index >= 15 is 0 Å². The van der Waals surface area contributed by atoms with Gasteiger partial charge in [0.05, 0.1) is 0 Å². The molecule has 0 heterocycles. The molecule has 16 heavy (non-hydrogen) atoms. The van der Waals surface area contributed by atoms with Gasteiger partial charge in [0, 0.05) is 24.9 Å². The summed E-state index contributed by atoms with van der Waals surface area (Å²) in [6.07, 6.45) is 2.06. The first-order chi connectivity index (χ1) is 7.72. The van der Waals surface area contributed by atoms with E-state index in [-0.39, 0.29) is 5.97 Å². The highest BCUT2D eigenvalue weighted by molar-refractivity contribution is 7.98. The van der Waals surface area contributed by atoms with Crippen molar-refractivity contribution in [2.24, 2.45) is 0 Å². The van der Waals surface area contributed by atoms with Gasteiger partial charge in [-0.15, -0.1) is 11.8 Å². The number of rotatable bonds is 6. The van der Waals surface area contributed by atoms with Crippen LogP contribution >= 0.6 is 11.8 Å². The lowest BCUT2D eigenvalue weighted by Gasteiger charge is -2.05. The van der Waals surface area contributed by atoms with Gasteiger partial charge in [0.25, 0.3) is 0 Å². The van der Waals surface area contributed by atoms with Gasteiger partial charge in [-0.1, -0.05) is 12.1 Å². The average molecular weight is 239 g/mol. The Hall–Kier alpha value is -1.00. The number of ether oxygens (including phenoxy) is 1. The number of carbonyl (C=O) groups excluding carboxylic acids is 1. The lowest BCUT2D eigenvalue weighted by Crippen LogP contribution is -2.20. The molecule has 0 aromatic heterocycles. The van der Waals surface area contributed by atoms with Gasteiger partial charge in [0.2, 0.25) is 0 Å². The maximum atomic E-state index is 10.5. The molecule has 0 aliphatic carbocycles. The second-order valence-corrected chi connectivity index (χ2v) is 4.24. The summed E-state index contributed by atoms with van der Waals surface area (Å²) in [5.74, 6) is -0.230. The number of esters is 1. The Bertz CT molecular complexity index is 324. The summed E-state index contributed by atoms with van der Waals surface area (Å²) in [6, 6.07) is 8.41. The van der Waals surface area contributed by atoms with Crippen molar-refractivity contribution in [1.29, 1.82) is 0 Å². The lowest BCUT2D eigenvalue weighted by molar-refractivity contribution is -0.140. The minimum atomic E-state index is -0.230. The number of hydrogen-bond donors (Lipinski definition) is 1. The molecule has 0 saturated carbocycles. The molecule has 88 valence electrons. The van der Waals surface area contributed by atoms with Gasteiger partial charge >= 0.3 is 5.97 Å². The Morgan fingerprint density at radius 2 is 2.06 bits per heavy atom. The van der Waals surface area contributed by atoms with Gasteiger partial charge in [-0.3, -0.25) is 4.79 Å². The van der Waals surface area contributed by atoms with E-state index in [0.29, 0.717) is 13.2 Å². The highest BCUT2D eigenvalue weighted by Crippen LogP contribution is 2.14. The molecule has 0 unspecified atom stereocenters. The van der Waals surface area contributed by atoms with Crippen LogP contribution in [-0.2, 0) is 16.1 Å². The summed E-state index contributed by atoms with van der Waals surface area (Å²) in [5, 5.41) is 3.21. The predicted molar refractivity (Wildman–Crippen MR) is 66.6 cm³/mol. The normalized spacial score (nSPS) is 10.1. The molecule has 0 atom stereocenters. The Labute approximate surface area is 101 Å². The number of benzene rings is 1. The van der Waals surface area contributed by atoms with Gasteiger partial charge in [-0.25, -0.2) is 0 Å². The van der Waals surface area contributed by atoms with Crippen molar-refractivity contribution in [1.82, 2.24) is 5.32 Å². The zero-order valence-corrected chi connectivity index (χ0v) is 10.5. The van der Waals surface area contributed by atoms with E-state index in [9.17, 15) is 4.79 Å². The van der Waals surface area contributed by atoms with Crippen LogP contribution in [0.3, 0.4) is 0 Å². The summed E-state index contributed by atoms with van der Waals surface area (Å²) in [4.78, 5) is 11.8. The predicted octanol–water partition coefficient (Wildman–Crippen LogP) is 2.06. The molecule has 0 spiro atoms. The van der Waals surface area contributed by atoms with E-state index in [4.69, 9.17) is 4.74 Å². The number of thioether (sulfide) groups is 1. The Morgan fingerprint density at radius 1 is 1.38 bits per heavy atom. The maximum absolute atomic E-state index is 10.5. The molecule has 0 aliphatic rings. The van der Waals surface area contributed by atoms with Crippen molar-refractivity contribution in [3.63, 3.8) is 0 Å². The lowest BCUT2D eigenvalue weighted by atomic mass is 10.2. The van der Waals surface area contributed by atoms with Crippen molar-refractivity contribution >= 4 is 17.7 Å². The molecule has 0 aliphatic heterocycles. The molecule has 0 bridgehead atoms. The zero-order valence-electron chi connectivity index (χ0n) is 9.66. The summed E-state index contributed by atoms with van der Waals surface area (Å²) >= 11 is 1.73. The summed E-state index contributed by atoms with van der Waals surface area (Å²) in [7, 11) is 0. The van der Waals surface area contributed by atoms with Crippen molar-refractivity contribution < 1.29 is 9.53 Å². The third-order valence-corrected chi connectivity index (χ3v) is 2.82. The highest BCUT2D eigenvalue weighted by Gasteiger charge is 1.95. The average Bonchev–Trinajstić information content (AvgIpc) is 2.29. The fourth-order valence-electron chi connectivity index (χ4n) is 1.24. The first-order valence-electron chi connectivity index (χ1n) is 5.19. The van der Waals surface area contributed by atoms with Crippen LogP contribution in [0, 0.1) is 0 Å². The molecule has 1 aromatic rings. The van der Waals surface area contributed by atoms with Gasteiger partial charge in [0.1, 0.15) is 6.61 Å². The zero-order chi connectivity index (χ0) is 11.8. The summed E-state index contributed by atoms with van der Waals surface area (Å²) in [6.45, 7) is 3.33. The van der Waals surface area contributed by atoms with Crippen LogP contribution in [0.5, 0.6) is 0 Å². The smallest absolute Gasteiger partial charge is 0.302 e. The molecule has 1 rings (SSSR count). The van der Waals surface area contributed by atoms with Gasteiger partial charge in [-0.05, 0) is 24.0 Å². The first kappa shape index (κ1) is 13.1. The molecular formula is C12H17NO2S. The fraction of sp³-hybridized carbons (Fsp3) is 0.417. The van der Waals surface area contributed by atoms with E-state index in [0.717, 1.165) is 6.54 Å². The number of carbonyl (C=O) groups is 1. The van der Waals surface area contributed by atoms with Gasteiger partial charge in [-0.2, -0.15) is 0 Å². The van der Waals surface area contributed by atoms with Crippen LogP contribution in [0.1, 0.15) is 12.5 Å². The first-order valence-corrected chi connectivity index (χ1v) is 6.42. The molecule has 0 saturated heterocycles. The largest absolute Gasteiger partial charge is 0.465 e. The van der Waals surface area contributed by atoms with Crippen LogP contribution in [0.4, 0.5) is 0 Å². The van der Waals surface area contributed by atoms with Crippen LogP contribution in [0.2, 0.25) is 0 Å². The Balaban J connectivity index is 2.19. The van der Waals surface area contributed by atoms with Gasteiger partial charge in [0.15, 0.2) is 0 Å². The van der Waals surface area contributed by atoms with E-state index in [1.165, 1.54) is 17.4 Å². The van der Waals surface area contributed by atoms with Crippen LogP contribution in [0.15, 0.2) is 29.2 Å². The van der Waals surface area contributed by atoms with E-state index < -0.39 is 0 Å². The van der Waals surface area contributed by atoms with Crippen molar-refractivity contribution in [2.45, 2.75) is 18.4 Å². The van der Waals surface area contributed by atoms with Gasteiger partial charge < -0.3 is 10.1 Å². The number of nitrogens with one attached hydrogen (secondary N) is 1. The van der Waals surface area contributed by atoms with Crippen molar-refractivity contribution in [2.75, 3.05) is 19.4 Å². The number of hydrogen-bond acceptors (Lipinski definition) is 4. The minimum absolute atomic E-state index is 0.230. The highest BCUT2D eigenvalue weighted by atomic mass is 32.2. The molecule has 0 radical (unpaired) electrons. The SMILES string of the molecule is CSc1ccc(CNCCOC(C)=O)cc1. The molecule has 0 amide bonds. The standard InChI is InChI=1S/C12H17NO2S/c1-10(14)15-8-7-13-9-11-3-5-12(16-2)6-4-11/h3-6,13H,7-9H2,1-2H3. The van der Waals surface area contributed by atoms with Crippen molar-refractivity contribution in [3.8, 4) is 0 Å². The van der Waals surface area contributed by atoms with E-state index in [1.807, 2.05) is 0 Å². The molecule has 1 aromatic carbocycles. The molecule has 1 N–H and O–H groups in total.